The van der Waals surface area contributed by atoms with E-state index in [-0.39, 0.29) is 0 Å². The van der Waals surface area contributed by atoms with E-state index >= 15 is 0 Å². The van der Waals surface area contributed by atoms with Crippen LogP contribution >= 0.6 is 0 Å². The van der Waals surface area contributed by atoms with Crippen LogP contribution in [0.15, 0.2) is 267 Å². The van der Waals surface area contributed by atoms with Crippen molar-refractivity contribution in [2.75, 3.05) is 20.6 Å². The minimum atomic E-state index is -0.565. The van der Waals surface area contributed by atoms with Crippen LogP contribution in [0, 0.1) is 0 Å². The second-order valence-corrected chi connectivity index (χ2v) is 28.6. The summed E-state index contributed by atoms with van der Waals surface area (Å²) in [6.45, 7) is 7.58. The van der Waals surface area contributed by atoms with Crippen molar-refractivity contribution in [1.82, 2.24) is 84.8 Å². The predicted octanol–water partition coefficient (Wildman–Crippen LogP) is 14.0. The molecule has 5 aromatic heterocycles. The van der Waals surface area contributed by atoms with Gasteiger partial charge < -0.3 is 33.1 Å². The Hall–Kier alpha value is -13.4. The zero-order valence-corrected chi connectivity index (χ0v) is 66.8. The van der Waals surface area contributed by atoms with Gasteiger partial charge >= 0.3 is 0 Å². The number of nitrogens with zero attached hydrogens (tertiary/aromatic N) is 12. The summed E-state index contributed by atoms with van der Waals surface area (Å²) in [5.41, 5.74) is 24.0. The summed E-state index contributed by atoms with van der Waals surface area (Å²) in [6, 6.07) is 75.7. The van der Waals surface area contributed by atoms with Crippen LogP contribution in [0.4, 0.5) is 0 Å². The van der Waals surface area contributed by atoms with Crippen molar-refractivity contribution in [3.63, 3.8) is 0 Å². The Labute approximate surface area is 686 Å². The van der Waals surface area contributed by atoms with E-state index in [1.54, 1.807) is 52.4 Å². The molecule has 0 radical (unpaired) electrons. The fraction of sp³-hybridized carbons (Fsp3) is 0.215. The fourth-order valence-electron chi connectivity index (χ4n) is 13.7. The summed E-state index contributed by atoms with van der Waals surface area (Å²) in [5.74, 6) is 1.82. The van der Waals surface area contributed by atoms with Crippen molar-refractivity contribution in [1.29, 1.82) is 0 Å². The van der Waals surface area contributed by atoms with E-state index in [0.717, 1.165) is 180 Å². The van der Waals surface area contributed by atoms with Crippen molar-refractivity contribution >= 4 is 92.1 Å². The number of hydroxylamine groups is 4. The molecule has 0 unspecified atom stereocenters. The maximum Gasteiger partial charge on any atom is 0.267 e. The Kier molecular flexibility index (Phi) is 32.2. The van der Waals surface area contributed by atoms with Gasteiger partial charge in [0.1, 0.15) is 23.3 Å². The van der Waals surface area contributed by atoms with E-state index < -0.39 is 23.6 Å². The molecular formula is C93H101N17O8. The van der Waals surface area contributed by atoms with Crippen LogP contribution in [0.25, 0.3) is 68.4 Å². The Morgan fingerprint density at radius 1 is 0.381 bits per heavy atom. The Bertz CT molecular complexity index is 5620. The minimum Gasteiger partial charge on any atom is -0.337 e. The summed E-state index contributed by atoms with van der Waals surface area (Å²) in [5, 5.41) is 37.9. The Morgan fingerprint density at radius 3 is 1.14 bits per heavy atom. The molecule has 0 saturated carbocycles. The second-order valence-electron chi connectivity index (χ2n) is 28.6. The average Bonchev–Trinajstić information content (AvgIpc) is 1.67. The van der Waals surface area contributed by atoms with Crippen LogP contribution < -0.4 is 27.2 Å². The molecule has 0 saturated heterocycles. The van der Waals surface area contributed by atoms with Crippen molar-refractivity contribution in [3.05, 3.63) is 341 Å². The highest BCUT2D eigenvalue weighted by molar-refractivity contribution is 5.94. The van der Waals surface area contributed by atoms with E-state index in [1.165, 1.54) is 52.1 Å². The molecule has 14 aromatic rings. The van der Waals surface area contributed by atoms with Gasteiger partial charge in [-0.1, -0.05) is 176 Å². The third-order valence-electron chi connectivity index (χ3n) is 19.7. The molecule has 0 spiro atoms. The summed E-state index contributed by atoms with van der Waals surface area (Å²) >= 11 is 0. The molecule has 118 heavy (non-hydrogen) atoms. The number of imidazole rings is 5. The van der Waals surface area contributed by atoms with Gasteiger partial charge in [0.2, 0.25) is 0 Å². The molecule has 5 heterocycles. The van der Waals surface area contributed by atoms with Crippen LogP contribution in [-0.2, 0) is 111 Å². The van der Waals surface area contributed by atoms with E-state index in [0.29, 0.717) is 13.1 Å². The fourth-order valence-corrected chi connectivity index (χ4v) is 13.7. The van der Waals surface area contributed by atoms with Crippen LogP contribution in [0.3, 0.4) is 0 Å². The molecule has 0 bridgehead atoms. The van der Waals surface area contributed by atoms with Gasteiger partial charge in [-0.2, -0.15) is 0 Å². The van der Waals surface area contributed by atoms with E-state index in [2.05, 4.69) is 177 Å². The first-order chi connectivity index (χ1) is 57.6. The van der Waals surface area contributed by atoms with Crippen molar-refractivity contribution in [2.24, 2.45) is 14.1 Å². The van der Waals surface area contributed by atoms with Crippen molar-refractivity contribution in [3.8, 4) is 0 Å². The van der Waals surface area contributed by atoms with Crippen molar-refractivity contribution in [2.45, 2.75) is 97.3 Å². The third-order valence-corrected chi connectivity index (χ3v) is 19.7. The second kappa shape index (κ2) is 44.5. The zero-order chi connectivity index (χ0) is 82.8. The lowest BCUT2D eigenvalue weighted by atomic mass is 10.1. The molecule has 25 heteroatoms. The van der Waals surface area contributed by atoms with Gasteiger partial charge in [-0.3, -0.25) is 44.9 Å². The van der Waals surface area contributed by atoms with Crippen LogP contribution in [0.5, 0.6) is 0 Å². The molecule has 25 nitrogen and oxygen atoms in total. The number of fused-ring (bicyclic) bond motifs is 4. The highest BCUT2D eigenvalue weighted by atomic mass is 16.5. The molecule has 606 valence electrons. The number of hydrogen-bond acceptors (Lipinski definition) is 16. The molecular weight excluding hydrogens is 1480 g/mol. The quantitative estimate of drug-likeness (QED) is 0.00799. The van der Waals surface area contributed by atoms with Gasteiger partial charge in [-0.15, -0.1) is 0 Å². The number of aryl methyl sites for hydroxylation is 9. The predicted molar refractivity (Wildman–Crippen MR) is 462 cm³/mol. The van der Waals surface area contributed by atoms with Gasteiger partial charge in [0.15, 0.2) is 0 Å². The summed E-state index contributed by atoms with van der Waals surface area (Å²) in [7, 11) is 8.22. The first-order valence-corrected chi connectivity index (χ1v) is 39.2. The zero-order valence-electron chi connectivity index (χ0n) is 66.8. The molecule has 0 atom stereocenters. The van der Waals surface area contributed by atoms with Gasteiger partial charge in [-0.25, -0.2) is 46.8 Å². The Morgan fingerprint density at radius 2 is 0.746 bits per heavy atom. The maximum absolute atomic E-state index is 11.3. The number of hydrogen-bond donors (Lipinski definition) is 9. The summed E-state index contributed by atoms with van der Waals surface area (Å²) in [4.78, 5) is 72.9. The molecule has 14 rings (SSSR count). The van der Waals surface area contributed by atoms with E-state index in [1.807, 2.05) is 136 Å². The molecule has 0 aliphatic rings. The van der Waals surface area contributed by atoms with Gasteiger partial charge in [-0.05, 0) is 176 Å². The van der Waals surface area contributed by atoms with E-state index in [4.69, 9.17) is 35.8 Å². The average molecular weight is 1580 g/mol. The smallest absolute Gasteiger partial charge is 0.267 e. The highest BCUT2D eigenvalue weighted by Gasteiger charge is 2.18. The lowest BCUT2D eigenvalue weighted by Gasteiger charge is -2.22. The third kappa shape index (κ3) is 25.8. The number of nitrogens with one attached hydrogen (secondary N) is 5. The van der Waals surface area contributed by atoms with Crippen LogP contribution in [-0.4, -0.2) is 123 Å². The van der Waals surface area contributed by atoms with Gasteiger partial charge in [0, 0.05) is 103 Å². The lowest BCUT2D eigenvalue weighted by molar-refractivity contribution is -0.124. The number of amides is 4. The minimum absolute atomic E-state index is 0.551. The highest BCUT2D eigenvalue weighted by Crippen LogP contribution is 2.26. The topological polar surface area (TPSA) is 305 Å². The lowest BCUT2D eigenvalue weighted by Crippen LogP contribution is -2.24. The van der Waals surface area contributed by atoms with Crippen LogP contribution in [0.2, 0.25) is 0 Å². The summed E-state index contributed by atoms with van der Waals surface area (Å²) in [6.07, 6.45) is 24.2. The normalized spacial score (nSPS) is 11.4. The van der Waals surface area contributed by atoms with Gasteiger partial charge in [0.25, 0.3) is 23.6 Å². The monoisotopic (exact) mass is 1580 g/mol. The number of carbonyl (C=O) groups is 4. The largest absolute Gasteiger partial charge is 0.337 e. The number of rotatable bonds is 33. The molecule has 0 aliphatic carbocycles. The molecule has 0 fully saturated rings. The maximum atomic E-state index is 11.3. The first-order valence-electron chi connectivity index (χ1n) is 39.2. The molecule has 9 aromatic carbocycles. The van der Waals surface area contributed by atoms with Gasteiger partial charge in [0.05, 0.1) is 63.6 Å². The van der Waals surface area contributed by atoms with Crippen molar-refractivity contribution < 1.29 is 40.0 Å². The molecule has 9 N–H and O–H groups in total. The standard InChI is InChI=1S/C26H26N4O2.C24H25N5O2.C24H30N4O2.C19H20N4O2/c1-29-24-14-12-20(13-15-26(31)28-32)16-23(24)27-25(29)19-30(17-21-8-4-2-5-9-21)18-22-10-6-3-7-11-22;30-24(27-31)12-9-20-7-10-22-21(17-20)26-23(11-8-19-5-2-1-3-6-19)29(22)15-4-14-28-16-13-25-18-28;1-27(2)16-6-7-17-28-22-13-10-20(12-15-24(29)26-30)18-21(22)25-23(28)14-11-19-8-4-3-5-9-19;1-23-17-9-7-14(8-10-19(24)22-25)11-16(17)21-18(23)13-20-12-15-5-3-2-4-6-15/h2-16,32H,17-19H2,1H3,(H,28,31);1-3,5-7,9-10,12-13,16-18,31H,4,8,11,14-15H2,(H,27,30);3-5,8-10,12-13,15,18,30H,6-7,11,14,16-17H2,1-2H3,(H,26,29);2-11,20,25H,12-13H2,1H3,(H,22,24)/b15-13+;12-9+;15-12+;10-8+. The van der Waals surface area contributed by atoms with E-state index in [9.17, 15) is 19.2 Å². The SMILES string of the molecule is CN(C)CCCCn1c(CCc2ccccc2)nc2cc(/C=C/C(=O)NO)ccc21.Cn1c(CN(Cc2ccccc2)Cc2ccccc2)nc2cc(/C=C/C(=O)NO)ccc21.Cn1c(CNCc2ccccc2)nc2cc(/C=C/C(=O)NO)ccc21.O=C(/C=C/c1ccc2c(c1)nc(CCc1ccccc1)n2CCCn1ccnc1)NO. The number of benzene rings is 9. The number of carbonyl (C=O) groups excluding carboxylic acids is 4. The first kappa shape index (κ1) is 85.5. The van der Waals surface area contributed by atoms with Crippen LogP contribution in [0.1, 0.15) is 92.6 Å². The molecule has 4 amide bonds. The number of unbranched alkanes of at least 4 members (excludes halogenated alkanes) is 1. The molecule has 0 aliphatic heterocycles. The Balaban J connectivity index is 0.000000155. The number of aromatic nitrogens is 10. The summed E-state index contributed by atoms with van der Waals surface area (Å²) < 4.78 is 10.9.